The number of rotatable bonds is 7. The molecule has 1 N–H and O–H groups in total. The Balaban J connectivity index is 2.11. The number of amides is 1. The maximum absolute atomic E-state index is 11.6. The summed E-state index contributed by atoms with van der Waals surface area (Å²) >= 11 is 6.69. The largest absolute Gasteiger partial charge is 0.351 e. The molecule has 0 atom stereocenters. The highest BCUT2D eigenvalue weighted by molar-refractivity contribution is 9.11. The Kier molecular flexibility index (Phi) is 7.16. The van der Waals surface area contributed by atoms with Crippen LogP contribution in [0.25, 0.3) is 0 Å². The van der Waals surface area contributed by atoms with E-state index in [0.717, 1.165) is 21.6 Å². The third kappa shape index (κ3) is 5.37. The second-order valence-corrected chi connectivity index (χ2v) is 6.86. The molecule has 0 radical (unpaired) electrons. The van der Waals surface area contributed by atoms with E-state index in [0.29, 0.717) is 0 Å². The van der Waals surface area contributed by atoms with Crippen molar-refractivity contribution < 1.29 is 4.79 Å². The Morgan fingerprint density at radius 1 is 1.44 bits per heavy atom. The van der Waals surface area contributed by atoms with Crippen molar-refractivity contribution in [2.24, 2.45) is 0 Å². The van der Waals surface area contributed by atoms with E-state index in [1.807, 2.05) is 23.9 Å². The molecule has 0 saturated heterocycles. The van der Waals surface area contributed by atoms with Crippen LogP contribution in [-0.4, -0.2) is 24.5 Å². The molecule has 0 aliphatic rings. The Labute approximate surface area is 113 Å². The first-order chi connectivity index (χ1) is 7.74. The Morgan fingerprint density at radius 2 is 2.25 bits per heavy atom. The molecule has 16 heavy (non-hydrogen) atoms. The minimum Gasteiger partial charge on any atom is -0.351 e. The van der Waals surface area contributed by atoms with Crippen LogP contribution in [-0.2, 0) is 0 Å². The van der Waals surface area contributed by atoms with Crippen molar-refractivity contribution in [2.75, 3.05) is 18.6 Å². The first kappa shape index (κ1) is 14.1. The standard InChI is InChI=1S/C11H16BrNOS2/c1-15-8-4-2-3-7-13-11(14)9-5-6-10(12)16-9/h5-6H,2-4,7-8H2,1H3,(H,13,14). The van der Waals surface area contributed by atoms with Gasteiger partial charge in [0.2, 0.25) is 0 Å². The van der Waals surface area contributed by atoms with Crippen molar-refractivity contribution in [1.82, 2.24) is 5.32 Å². The average Bonchev–Trinajstić information content (AvgIpc) is 2.70. The number of carbonyl (C=O) groups is 1. The lowest BCUT2D eigenvalue weighted by Gasteiger charge is -2.02. The van der Waals surface area contributed by atoms with Crippen LogP contribution < -0.4 is 5.32 Å². The summed E-state index contributed by atoms with van der Waals surface area (Å²) in [5.41, 5.74) is 0. The highest BCUT2D eigenvalue weighted by atomic mass is 79.9. The van der Waals surface area contributed by atoms with E-state index in [4.69, 9.17) is 0 Å². The molecule has 0 spiro atoms. The Morgan fingerprint density at radius 3 is 2.88 bits per heavy atom. The second kappa shape index (κ2) is 8.14. The van der Waals surface area contributed by atoms with Gasteiger partial charge >= 0.3 is 0 Å². The molecule has 1 rings (SSSR count). The van der Waals surface area contributed by atoms with Gasteiger partial charge in [-0.1, -0.05) is 6.42 Å². The molecule has 2 nitrogen and oxygen atoms in total. The molecule has 0 aliphatic heterocycles. The molecule has 0 saturated carbocycles. The zero-order valence-corrected chi connectivity index (χ0v) is 12.5. The lowest BCUT2D eigenvalue weighted by molar-refractivity contribution is 0.0957. The molecule has 1 amide bonds. The number of unbranched alkanes of at least 4 members (excludes halogenated alkanes) is 2. The van der Waals surface area contributed by atoms with E-state index < -0.39 is 0 Å². The van der Waals surface area contributed by atoms with E-state index in [1.54, 1.807) is 0 Å². The highest BCUT2D eigenvalue weighted by Crippen LogP contribution is 2.21. The Hall–Kier alpha value is -0.0000000000000000833. The van der Waals surface area contributed by atoms with Crippen LogP contribution in [0.4, 0.5) is 0 Å². The van der Waals surface area contributed by atoms with E-state index in [2.05, 4.69) is 27.5 Å². The number of thioether (sulfide) groups is 1. The van der Waals surface area contributed by atoms with E-state index in [1.165, 1.54) is 29.9 Å². The van der Waals surface area contributed by atoms with E-state index >= 15 is 0 Å². The number of carbonyl (C=O) groups excluding carboxylic acids is 1. The highest BCUT2D eigenvalue weighted by Gasteiger charge is 2.06. The minimum absolute atomic E-state index is 0.0422. The summed E-state index contributed by atoms with van der Waals surface area (Å²) < 4.78 is 0.998. The molecule has 1 aromatic heterocycles. The minimum atomic E-state index is 0.0422. The van der Waals surface area contributed by atoms with Gasteiger partial charge < -0.3 is 5.32 Å². The SMILES string of the molecule is CSCCCCCNC(=O)c1ccc(Br)s1. The first-order valence-corrected chi connectivity index (χ1v) is 8.27. The van der Waals surface area contributed by atoms with Gasteiger partial charge in [-0.25, -0.2) is 0 Å². The van der Waals surface area contributed by atoms with E-state index in [-0.39, 0.29) is 5.91 Å². The summed E-state index contributed by atoms with van der Waals surface area (Å²) in [5.74, 6) is 1.26. The summed E-state index contributed by atoms with van der Waals surface area (Å²) in [4.78, 5) is 12.4. The number of thiophene rings is 1. The van der Waals surface area contributed by atoms with Crippen molar-refractivity contribution in [3.05, 3.63) is 20.8 Å². The van der Waals surface area contributed by atoms with Gasteiger partial charge in [0.15, 0.2) is 0 Å². The average molecular weight is 322 g/mol. The summed E-state index contributed by atoms with van der Waals surface area (Å²) in [5, 5.41) is 2.93. The molecule has 0 fully saturated rings. The maximum Gasteiger partial charge on any atom is 0.261 e. The number of nitrogens with one attached hydrogen (secondary N) is 1. The number of hydrogen-bond donors (Lipinski definition) is 1. The summed E-state index contributed by atoms with van der Waals surface area (Å²) in [6.07, 6.45) is 5.62. The summed E-state index contributed by atoms with van der Waals surface area (Å²) in [6, 6.07) is 3.75. The van der Waals surface area contributed by atoms with Crippen LogP contribution >= 0.6 is 39.0 Å². The fraction of sp³-hybridized carbons (Fsp3) is 0.545. The fourth-order valence-electron chi connectivity index (χ4n) is 1.27. The molecular formula is C11H16BrNOS2. The van der Waals surface area contributed by atoms with Crippen molar-refractivity contribution in [3.63, 3.8) is 0 Å². The fourth-order valence-corrected chi connectivity index (χ4v) is 3.07. The Bertz CT molecular complexity index is 328. The van der Waals surface area contributed by atoms with Gasteiger partial charge in [0.25, 0.3) is 5.91 Å². The number of halogens is 1. The molecule has 1 aromatic rings. The van der Waals surface area contributed by atoms with Crippen LogP contribution in [0.2, 0.25) is 0 Å². The molecule has 0 bridgehead atoms. The smallest absolute Gasteiger partial charge is 0.261 e. The van der Waals surface area contributed by atoms with Gasteiger partial charge in [0.05, 0.1) is 8.66 Å². The molecule has 1 heterocycles. The monoisotopic (exact) mass is 321 g/mol. The summed E-state index contributed by atoms with van der Waals surface area (Å²) in [6.45, 7) is 0.780. The summed E-state index contributed by atoms with van der Waals surface area (Å²) in [7, 11) is 0. The van der Waals surface area contributed by atoms with Crippen molar-refractivity contribution in [1.29, 1.82) is 0 Å². The quantitative estimate of drug-likeness (QED) is 0.774. The lowest BCUT2D eigenvalue weighted by Crippen LogP contribution is -2.23. The molecular weight excluding hydrogens is 306 g/mol. The van der Waals surface area contributed by atoms with Gasteiger partial charge in [-0.05, 0) is 52.9 Å². The third-order valence-electron chi connectivity index (χ3n) is 2.11. The van der Waals surface area contributed by atoms with Crippen LogP contribution in [0.1, 0.15) is 28.9 Å². The van der Waals surface area contributed by atoms with Crippen LogP contribution in [0.15, 0.2) is 15.9 Å². The third-order valence-corrected chi connectivity index (χ3v) is 4.43. The topological polar surface area (TPSA) is 29.1 Å². The van der Waals surface area contributed by atoms with Crippen molar-refractivity contribution >= 4 is 44.9 Å². The zero-order chi connectivity index (χ0) is 11.8. The lowest BCUT2D eigenvalue weighted by atomic mass is 10.2. The molecule has 90 valence electrons. The van der Waals surface area contributed by atoms with Crippen LogP contribution in [0.3, 0.4) is 0 Å². The first-order valence-electron chi connectivity index (χ1n) is 5.26. The van der Waals surface area contributed by atoms with Gasteiger partial charge in [0.1, 0.15) is 0 Å². The maximum atomic E-state index is 11.6. The van der Waals surface area contributed by atoms with E-state index in [9.17, 15) is 4.79 Å². The van der Waals surface area contributed by atoms with Gasteiger partial charge in [-0.15, -0.1) is 11.3 Å². The van der Waals surface area contributed by atoms with Gasteiger partial charge in [0, 0.05) is 6.54 Å². The zero-order valence-electron chi connectivity index (χ0n) is 9.29. The second-order valence-electron chi connectivity index (χ2n) is 3.41. The predicted molar refractivity (Wildman–Crippen MR) is 76.6 cm³/mol. The molecule has 0 aliphatic carbocycles. The van der Waals surface area contributed by atoms with Crippen molar-refractivity contribution in [3.8, 4) is 0 Å². The van der Waals surface area contributed by atoms with Crippen LogP contribution in [0, 0.1) is 0 Å². The number of hydrogen-bond acceptors (Lipinski definition) is 3. The normalized spacial score (nSPS) is 10.4. The van der Waals surface area contributed by atoms with Gasteiger partial charge in [-0.3, -0.25) is 4.79 Å². The van der Waals surface area contributed by atoms with Crippen LogP contribution in [0.5, 0.6) is 0 Å². The molecule has 0 unspecified atom stereocenters. The van der Waals surface area contributed by atoms with Gasteiger partial charge in [-0.2, -0.15) is 11.8 Å². The molecule has 0 aromatic carbocycles. The molecule has 5 heteroatoms. The predicted octanol–water partition coefficient (Wildman–Crippen LogP) is 3.77. The van der Waals surface area contributed by atoms with Crippen molar-refractivity contribution in [2.45, 2.75) is 19.3 Å².